The molecule has 1 amide bonds. The van der Waals surface area contributed by atoms with Crippen LogP contribution in [-0.2, 0) is 4.79 Å². The second kappa shape index (κ2) is 6.65. The Bertz CT molecular complexity index is 215. The minimum absolute atomic E-state index is 0.0510. The van der Waals surface area contributed by atoms with Crippen molar-refractivity contribution in [3.05, 3.63) is 12.2 Å². The van der Waals surface area contributed by atoms with E-state index in [1.807, 2.05) is 6.92 Å². The second-order valence-electron chi connectivity index (χ2n) is 4.54. The van der Waals surface area contributed by atoms with E-state index in [2.05, 4.69) is 12.2 Å². The zero-order valence-corrected chi connectivity index (χ0v) is 9.96. The zero-order chi connectivity index (χ0) is 11.1. The molecule has 0 bridgehead atoms. The van der Waals surface area contributed by atoms with E-state index in [0.717, 1.165) is 12.5 Å². The summed E-state index contributed by atoms with van der Waals surface area (Å²) in [4.78, 5) is 11.2. The van der Waals surface area contributed by atoms with Crippen LogP contribution in [0, 0.1) is 11.8 Å². The molecule has 1 aliphatic carbocycles. The number of hydrogen-bond acceptors (Lipinski definition) is 1. The largest absolute Gasteiger partial charge is 0.352 e. The Morgan fingerprint density at radius 1 is 1.27 bits per heavy atom. The summed E-state index contributed by atoms with van der Waals surface area (Å²) in [5, 5.41) is 2.96. The number of rotatable bonds is 4. The van der Waals surface area contributed by atoms with Crippen LogP contribution in [0.5, 0.6) is 0 Å². The summed E-state index contributed by atoms with van der Waals surface area (Å²) in [7, 11) is 0. The molecule has 15 heavy (non-hydrogen) atoms. The van der Waals surface area contributed by atoms with Gasteiger partial charge < -0.3 is 5.32 Å². The van der Waals surface area contributed by atoms with Gasteiger partial charge in [-0.05, 0) is 37.7 Å². The normalized spacial score (nSPS) is 26.8. The van der Waals surface area contributed by atoms with Crippen LogP contribution in [0.2, 0.25) is 0 Å². The van der Waals surface area contributed by atoms with Crippen LogP contribution < -0.4 is 5.32 Å². The number of nitrogens with one attached hydrogen (secondary N) is 1. The molecule has 0 atom stereocenters. The van der Waals surface area contributed by atoms with Crippen molar-refractivity contribution in [3.8, 4) is 0 Å². The number of hydrogen-bond donors (Lipinski definition) is 1. The van der Waals surface area contributed by atoms with Gasteiger partial charge in [-0.2, -0.15) is 0 Å². The van der Waals surface area contributed by atoms with Crippen molar-refractivity contribution in [3.63, 3.8) is 0 Å². The highest BCUT2D eigenvalue weighted by atomic mass is 16.1. The molecule has 0 unspecified atom stereocenters. The van der Waals surface area contributed by atoms with Gasteiger partial charge in [0.25, 0.3) is 0 Å². The summed E-state index contributed by atoms with van der Waals surface area (Å²) in [6.07, 6.45) is 9.96. The Labute approximate surface area is 93.1 Å². The average molecular weight is 209 g/mol. The average Bonchev–Trinajstić information content (AvgIpc) is 2.27. The van der Waals surface area contributed by atoms with E-state index in [1.165, 1.54) is 32.1 Å². The SMILES string of the molecule is CC=CC(=O)NCC1CCC(CC)CC1. The molecule has 0 aromatic rings. The van der Waals surface area contributed by atoms with Gasteiger partial charge in [-0.25, -0.2) is 0 Å². The van der Waals surface area contributed by atoms with Gasteiger partial charge in [-0.3, -0.25) is 4.79 Å². The van der Waals surface area contributed by atoms with Gasteiger partial charge in [0.15, 0.2) is 0 Å². The lowest BCUT2D eigenvalue weighted by Gasteiger charge is -2.27. The molecule has 1 fully saturated rings. The van der Waals surface area contributed by atoms with Gasteiger partial charge in [-0.1, -0.05) is 32.3 Å². The molecule has 1 aliphatic rings. The van der Waals surface area contributed by atoms with Crippen molar-refractivity contribution in [1.82, 2.24) is 5.32 Å². The molecule has 0 heterocycles. The standard InChI is InChI=1S/C13H23NO/c1-3-5-13(15)14-10-12-8-6-11(4-2)7-9-12/h3,5,11-12H,4,6-10H2,1-2H3,(H,14,15). The lowest BCUT2D eigenvalue weighted by Crippen LogP contribution is -2.30. The summed E-state index contributed by atoms with van der Waals surface area (Å²) in [6, 6.07) is 0. The maximum Gasteiger partial charge on any atom is 0.243 e. The van der Waals surface area contributed by atoms with Gasteiger partial charge in [0.1, 0.15) is 0 Å². The van der Waals surface area contributed by atoms with Crippen LogP contribution in [0.15, 0.2) is 12.2 Å². The van der Waals surface area contributed by atoms with E-state index in [4.69, 9.17) is 0 Å². The first kappa shape index (κ1) is 12.3. The Kier molecular flexibility index (Phi) is 5.44. The Hall–Kier alpha value is -0.790. The fraction of sp³-hybridized carbons (Fsp3) is 0.769. The molecule has 0 spiro atoms. The molecule has 0 saturated heterocycles. The van der Waals surface area contributed by atoms with Gasteiger partial charge >= 0.3 is 0 Å². The van der Waals surface area contributed by atoms with Gasteiger partial charge in [0.05, 0.1) is 0 Å². The van der Waals surface area contributed by atoms with E-state index in [0.29, 0.717) is 5.92 Å². The quantitative estimate of drug-likeness (QED) is 0.709. The monoisotopic (exact) mass is 209 g/mol. The van der Waals surface area contributed by atoms with Crippen LogP contribution in [0.3, 0.4) is 0 Å². The molecule has 0 aliphatic heterocycles. The van der Waals surface area contributed by atoms with Crippen molar-refractivity contribution < 1.29 is 4.79 Å². The highest BCUT2D eigenvalue weighted by Gasteiger charge is 2.19. The molecule has 2 heteroatoms. The fourth-order valence-corrected chi connectivity index (χ4v) is 2.30. The van der Waals surface area contributed by atoms with Crippen LogP contribution in [0.4, 0.5) is 0 Å². The van der Waals surface area contributed by atoms with Gasteiger partial charge in [-0.15, -0.1) is 0 Å². The predicted molar refractivity (Wildman–Crippen MR) is 63.6 cm³/mol. The van der Waals surface area contributed by atoms with Crippen molar-refractivity contribution in [2.24, 2.45) is 11.8 Å². The lowest BCUT2D eigenvalue weighted by molar-refractivity contribution is -0.116. The van der Waals surface area contributed by atoms with Gasteiger partial charge in [0, 0.05) is 6.54 Å². The third-order valence-electron chi connectivity index (χ3n) is 3.43. The molecule has 1 saturated carbocycles. The Balaban J connectivity index is 2.16. The number of carbonyl (C=O) groups is 1. The summed E-state index contributed by atoms with van der Waals surface area (Å²) < 4.78 is 0. The maximum atomic E-state index is 11.2. The third-order valence-corrected chi connectivity index (χ3v) is 3.43. The predicted octanol–water partition coefficient (Wildman–Crippen LogP) is 2.90. The van der Waals surface area contributed by atoms with Crippen molar-refractivity contribution in [1.29, 1.82) is 0 Å². The summed E-state index contributed by atoms with van der Waals surface area (Å²) in [5.74, 6) is 1.70. The molecule has 0 aromatic carbocycles. The van der Waals surface area contributed by atoms with Gasteiger partial charge in [0.2, 0.25) is 5.91 Å². The molecule has 1 rings (SSSR count). The lowest BCUT2D eigenvalue weighted by atomic mass is 9.81. The van der Waals surface area contributed by atoms with E-state index in [9.17, 15) is 4.79 Å². The van der Waals surface area contributed by atoms with Crippen LogP contribution >= 0.6 is 0 Å². The first-order valence-corrected chi connectivity index (χ1v) is 6.16. The highest BCUT2D eigenvalue weighted by molar-refractivity contribution is 5.87. The number of carbonyl (C=O) groups excluding carboxylic acids is 1. The van der Waals surface area contributed by atoms with Crippen LogP contribution in [-0.4, -0.2) is 12.5 Å². The highest BCUT2D eigenvalue weighted by Crippen LogP contribution is 2.29. The molecule has 2 nitrogen and oxygen atoms in total. The topological polar surface area (TPSA) is 29.1 Å². The minimum Gasteiger partial charge on any atom is -0.352 e. The minimum atomic E-state index is 0.0510. The maximum absolute atomic E-state index is 11.2. The molecular weight excluding hydrogens is 186 g/mol. The fourth-order valence-electron chi connectivity index (χ4n) is 2.30. The zero-order valence-electron chi connectivity index (χ0n) is 9.96. The van der Waals surface area contributed by atoms with E-state index >= 15 is 0 Å². The first-order chi connectivity index (χ1) is 7.26. The number of allylic oxidation sites excluding steroid dienone is 1. The molecule has 1 N–H and O–H groups in total. The second-order valence-corrected chi connectivity index (χ2v) is 4.54. The van der Waals surface area contributed by atoms with Crippen LogP contribution in [0.25, 0.3) is 0 Å². The van der Waals surface area contributed by atoms with E-state index < -0.39 is 0 Å². The van der Waals surface area contributed by atoms with E-state index in [-0.39, 0.29) is 5.91 Å². The Morgan fingerprint density at radius 2 is 1.87 bits per heavy atom. The number of amides is 1. The molecule has 0 aromatic heterocycles. The molecule has 0 radical (unpaired) electrons. The Morgan fingerprint density at radius 3 is 2.40 bits per heavy atom. The smallest absolute Gasteiger partial charge is 0.243 e. The van der Waals surface area contributed by atoms with E-state index in [1.54, 1.807) is 12.2 Å². The van der Waals surface area contributed by atoms with Crippen LogP contribution in [0.1, 0.15) is 46.0 Å². The van der Waals surface area contributed by atoms with Crippen molar-refractivity contribution in [2.75, 3.05) is 6.54 Å². The summed E-state index contributed by atoms with van der Waals surface area (Å²) in [5.41, 5.74) is 0. The van der Waals surface area contributed by atoms with Crippen molar-refractivity contribution >= 4 is 5.91 Å². The summed E-state index contributed by atoms with van der Waals surface area (Å²) in [6.45, 7) is 5.00. The first-order valence-electron chi connectivity index (χ1n) is 6.16. The summed E-state index contributed by atoms with van der Waals surface area (Å²) >= 11 is 0. The molecule has 86 valence electrons. The van der Waals surface area contributed by atoms with Crippen molar-refractivity contribution in [2.45, 2.75) is 46.0 Å². The molecular formula is C13H23NO. The third kappa shape index (κ3) is 4.50.